The van der Waals surface area contributed by atoms with E-state index >= 15 is 0 Å². The van der Waals surface area contributed by atoms with Crippen molar-refractivity contribution in [2.45, 2.75) is 45.8 Å². The SMILES string of the molecule is CC[C@@H]1CN(c2ncc3ncnc(Nc4cccc(C)c4)c3n2)C[C@H](CC)O1. The minimum atomic E-state index is 0.204. The van der Waals surface area contributed by atoms with E-state index in [9.17, 15) is 0 Å². The Morgan fingerprint density at radius 2 is 1.89 bits per heavy atom. The molecule has 28 heavy (non-hydrogen) atoms. The Morgan fingerprint density at radius 3 is 2.61 bits per heavy atom. The van der Waals surface area contributed by atoms with Gasteiger partial charge in [0.1, 0.15) is 17.4 Å². The lowest BCUT2D eigenvalue weighted by molar-refractivity contribution is -0.0289. The molecule has 1 aromatic carbocycles. The molecule has 0 radical (unpaired) electrons. The van der Waals surface area contributed by atoms with Crippen LogP contribution in [0.25, 0.3) is 11.0 Å². The van der Waals surface area contributed by atoms with Gasteiger partial charge in [-0.15, -0.1) is 0 Å². The molecule has 7 heteroatoms. The number of nitrogens with one attached hydrogen (secondary N) is 1. The molecule has 0 amide bonds. The maximum Gasteiger partial charge on any atom is 0.226 e. The maximum absolute atomic E-state index is 6.10. The summed E-state index contributed by atoms with van der Waals surface area (Å²) in [5, 5.41) is 3.37. The summed E-state index contributed by atoms with van der Waals surface area (Å²) in [6.07, 6.45) is 5.68. The van der Waals surface area contributed by atoms with Crippen LogP contribution in [0, 0.1) is 6.92 Å². The van der Waals surface area contributed by atoms with Gasteiger partial charge in [0, 0.05) is 18.8 Å². The summed E-state index contributed by atoms with van der Waals surface area (Å²) in [6, 6.07) is 8.18. The van der Waals surface area contributed by atoms with Gasteiger partial charge in [-0.1, -0.05) is 26.0 Å². The molecule has 1 saturated heterocycles. The fourth-order valence-corrected chi connectivity index (χ4v) is 3.49. The van der Waals surface area contributed by atoms with Gasteiger partial charge in [0.05, 0.1) is 18.4 Å². The highest BCUT2D eigenvalue weighted by atomic mass is 16.5. The van der Waals surface area contributed by atoms with Crippen LogP contribution in [0.2, 0.25) is 0 Å². The topological polar surface area (TPSA) is 76.1 Å². The number of nitrogens with zero attached hydrogens (tertiary/aromatic N) is 5. The third kappa shape index (κ3) is 3.89. The molecule has 0 unspecified atom stereocenters. The number of hydrogen-bond donors (Lipinski definition) is 1. The standard InChI is InChI=1S/C21H26N6O/c1-4-16-11-27(12-17(5-2)28-16)21-22-10-18-19(26-21)20(24-13-23-18)25-15-8-6-7-14(3)9-15/h6-10,13,16-17H,4-5,11-12H2,1-3H3,(H,23,24,25)/t16-,17+. The highest BCUT2D eigenvalue weighted by Gasteiger charge is 2.27. The average molecular weight is 378 g/mol. The van der Waals surface area contributed by atoms with Crippen molar-refractivity contribution in [3.05, 3.63) is 42.4 Å². The van der Waals surface area contributed by atoms with Crippen molar-refractivity contribution >= 4 is 28.5 Å². The van der Waals surface area contributed by atoms with Crippen molar-refractivity contribution in [2.75, 3.05) is 23.3 Å². The molecule has 1 fully saturated rings. The van der Waals surface area contributed by atoms with E-state index in [0.717, 1.165) is 42.7 Å². The largest absolute Gasteiger partial charge is 0.371 e. The van der Waals surface area contributed by atoms with E-state index in [2.05, 4.69) is 58.1 Å². The minimum Gasteiger partial charge on any atom is -0.371 e. The number of benzene rings is 1. The Labute approximate surface area is 165 Å². The summed E-state index contributed by atoms with van der Waals surface area (Å²) in [5.41, 5.74) is 3.61. The Balaban J connectivity index is 1.68. The van der Waals surface area contributed by atoms with Crippen LogP contribution in [0.3, 0.4) is 0 Å². The quantitative estimate of drug-likeness (QED) is 0.722. The van der Waals surface area contributed by atoms with Crippen LogP contribution >= 0.6 is 0 Å². The van der Waals surface area contributed by atoms with Crippen molar-refractivity contribution in [2.24, 2.45) is 0 Å². The molecule has 0 aliphatic carbocycles. The van der Waals surface area contributed by atoms with E-state index in [4.69, 9.17) is 9.72 Å². The molecule has 1 N–H and O–H groups in total. The smallest absolute Gasteiger partial charge is 0.226 e. The summed E-state index contributed by atoms with van der Waals surface area (Å²) >= 11 is 0. The van der Waals surface area contributed by atoms with Gasteiger partial charge in [0.2, 0.25) is 5.95 Å². The molecule has 0 spiro atoms. The molecule has 1 aliphatic heterocycles. The molecule has 146 valence electrons. The van der Waals surface area contributed by atoms with E-state index in [-0.39, 0.29) is 12.2 Å². The van der Waals surface area contributed by atoms with E-state index in [1.54, 1.807) is 12.5 Å². The number of hydrogen-bond acceptors (Lipinski definition) is 7. The molecule has 1 aliphatic rings. The first-order chi connectivity index (χ1) is 13.7. The maximum atomic E-state index is 6.10. The Morgan fingerprint density at radius 1 is 1.11 bits per heavy atom. The van der Waals surface area contributed by atoms with Crippen LogP contribution in [-0.4, -0.2) is 45.2 Å². The average Bonchev–Trinajstić information content (AvgIpc) is 2.73. The second-order valence-corrected chi connectivity index (χ2v) is 7.22. The van der Waals surface area contributed by atoms with E-state index in [1.807, 2.05) is 12.1 Å². The van der Waals surface area contributed by atoms with Crippen LogP contribution in [-0.2, 0) is 4.74 Å². The van der Waals surface area contributed by atoms with Gasteiger partial charge < -0.3 is 15.0 Å². The molecule has 0 saturated carbocycles. The summed E-state index contributed by atoms with van der Waals surface area (Å²) < 4.78 is 6.10. The van der Waals surface area contributed by atoms with Crippen LogP contribution in [0.5, 0.6) is 0 Å². The zero-order chi connectivity index (χ0) is 19.5. The Bertz CT molecular complexity index is 951. The first-order valence-corrected chi connectivity index (χ1v) is 9.88. The highest BCUT2D eigenvalue weighted by Crippen LogP contribution is 2.25. The predicted octanol–water partition coefficient (Wildman–Crippen LogP) is 3.87. The lowest BCUT2D eigenvalue weighted by Gasteiger charge is -2.37. The minimum absolute atomic E-state index is 0.204. The normalized spacial score (nSPS) is 19.8. The number of aromatic nitrogens is 4. The lowest BCUT2D eigenvalue weighted by atomic mass is 10.1. The zero-order valence-electron chi connectivity index (χ0n) is 16.6. The molecule has 2 aromatic heterocycles. The summed E-state index contributed by atoms with van der Waals surface area (Å²) in [7, 11) is 0. The van der Waals surface area contributed by atoms with E-state index < -0.39 is 0 Å². The van der Waals surface area contributed by atoms with Crippen LogP contribution in [0.4, 0.5) is 17.5 Å². The fraction of sp³-hybridized carbons (Fsp3) is 0.429. The molecule has 0 bridgehead atoms. The molecule has 3 heterocycles. The number of morpholine rings is 1. The first kappa shape index (κ1) is 18.6. The summed E-state index contributed by atoms with van der Waals surface area (Å²) in [6.45, 7) is 7.97. The van der Waals surface area contributed by atoms with Gasteiger partial charge >= 0.3 is 0 Å². The first-order valence-electron chi connectivity index (χ1n) is 9.88. The number of ether oxygens (including phenoxy) is 1. The fourth-order valence-electron chi connectivity index (χ4n) is 3.49. The Kier molecular flexibility index (Phi) is 5.34. The van der Waals surface area contributed by atoms with Gasteiger partial charge in [0.25, 0.3) is 0 Å². The second-order valence-electron chi connectivity index (χ2n) is 7.22. The summed E-state index contributed by atoms with van der Waals surface area (Å²) in [5.74, 6) is 1.39. The molecule has 4 rings (SSSR count). The van der Waals surface area contributed by atoms with Crippen molar-refractivity contribution in [3.8, 4) is 0 Å². The van der Waals surface area contributed by atoms with Crippen LogP contribution in [0.15, 0.2) is 36.8 Å². The van der Waals surface area contributed by atoms with Gasteiger partial charge in [-0.25, -0.2) is 19.9 Å². The highest BCUT2D eigenvalue weighted by molar-refractivity contribution is 5.87. The molecule has 2 atom stereocenters. The number of rotatable bonds is 5. The molecular formula is C21H26N6O. The van der Waals surface area contributed by atoms with Gasteiger partial charge in [-0.3, -0.25) is 0 Å². The van der Waals surface area contributed by atoms with Crippen LogP contribution in [0.1, 0.15) is 32.3 Å². The van der Waals surface area contributed by atoms with E-state index in [1.165, 1.54) is 5.56 Å². The third-order valence-corrected chi connectivity index (χ3v) is 5.07. The molecular weight excluding hydrogens is 352 g/mol. The van der Waals surface area contributed by atoms with Crippen molar-refractivity contribution < 1.29 is 4.74 Å². The van der Waals surface area contributed by atoms with E-state index in [0.29, 0.717) is 11.8 Å². The predicted molar refractivity (Wildman–Crippen MR) is 111 cm³/mol. The van der Waals surface area contributed by atoms with Gasteiger partial charge in [-0.05, 0) is 37.5 Å². The molecule has 3 aromatic rings. The number of anilines is 3. The van der Waals surface area contributed by atoms with Gasteiger partial charge in [-0.2, -0.15) is 0 Å². The van der Waals surface area contributed by atoms with Crippen LogP contribution < -0.4 is 10.2 Å². The third-order valence-electron chi connectivity index (χ3n) is 5.07. The van der Waals surface area contributed by atoms with Gasteiger partial charge in [0.15, 0.2) is 5.82 Å². The summed E-state index contributed by atoms with van der Waals surface area (Å²) in [4.78, 5) is 20.4. The number of fused-ring (bicyclic) bond motifs is 1. The lowest BCUT2D eigenvalue weighted by Crippen LogP contribution is -2.48. The Hall–Kier alpha value is -2.80. The second kappa shape index (κ2) is 8.06. The monoisotopic (exact) mass is 378 g/mol. The van der Waals surface area contributed by atoms with Crippen molar-refractivity contribution in [1.29, 1.82) is 0 Å². The zero-order valence-corrected chi connectivity index (χ0v) is 16.6. The van der Waals surface area contributed by atoms with Crippen molar-refractivity contribution in [1.82, 2.24) is 19.9 Å². The molecule has 7 nitrogen and oxygen atoms in total. The number of aryl methyl sites for hydroxylation is 1. The van der Waals surface area contributed by atoms with Crippen molar-refractivity contribution in [3.63, 3.8) is 0 Å².